The second-order valence-electron chi connectivity index (χ2n) is 5.97. The van der Waals surface area contributed by atoms with Crippen molar-refractivity contribution in [3.8, 4) is 0 Å². The molecular weight excluding hydrogens is 272 g/mol. The smallest absolute Gasteiger partial charge is 0.243 e. The average Bonchev–Trinajstić information content (AvgIpc) is 2.44. The predicted octanol–water partition coefficient (Wildman–Crippen LogP) is 4.28. The van der Waals surface area contributed by atoms with Gasteiger partial charge in [0.2, 0.25) is 5.91 Å². The van der Waals surface area contributed by atoms with Crippen LogP contribution in [0.1, 0.15) is 27.8 Å². The number of rotatable bonds is 4. The third-order valence-electron chi connectivity index (χ3n) is 3.90. The highest BCUT2D eigenvalue weighted by Crippen LogP contribution is 2.22. The van der Waals surface area contributed by atoms with Crippen LogP contribution in [-0.4, -0.2) is 12.5 Å². The van der Waals surface area contributed by atoms with Crippen molar-refractivity contribution in [2.45, 2.75) is 34.6 Å². The van der Waals surface area contributed by atoms with Gasteiger partial charge in [0.05, 0.1) is 6.54 Å². The van der Waals surface area contributed by atoms with Crippen LogP contribution in [0, 0.1) is 34.6 Å². The molecule has 0 fully saturated rings. The minimum atomic E-state index is -0.0340. The zero-order chi connectivity index (χ0) is 16.3. The SMILES string of the molecule is Cc1cc(C)c(NC(=O)CNc2ccc(C)c(C)c2)c(C)c1. The van der Waals surface area contributed by atoms with E-state index in [9.17, 15) is 4.79 Å². The molecule has 1 amide bonds. The van der Waals surface area contributed by atoms with Crippen molar-refractivity contribution in [2.24, 2.45) is 0 Å². The zero-order valence-corrected chi connectivity index (χ0v) is 14.0. The number of nitrogens with one attached hydrogen (secondary N) is 2. The van der Waals surface area contributed by atoms with Gasteiger partial charge in [0.25, 0.3) is 0 Å². The summed E-state index contributed by atoms with van der Waals surface area (Å²) in [5.74, 6) is -0.0340. The van der Waals surface area contributed by atoms with Crippen molar-refractivity contribution in [1.29, 1.82) is 0 Å². The Hall–Kier alpha value is -2.29. The Morgan fingerprint density at radius 3 is 2.09 bits per heavy atom. The standard InChI is InChI=1S/C19H24N2O/c1-12-8-15(4)19(16(5)9-12)21-18(22)11-20-17-7-6-13(2)14(3)10-17/h6-10,20H,11H2,1-5H3,(H,21,22). The van der Waals surface area contributed by atoms with Crippen LogP contribution in [0.25, 0.3) is 0 Å². The van der Waals surface area contributed by atoms with E-state index < -0.39 is 0 Å². The highest BCUT2D eigenvalue weighted by Gasteiger charge is 2.08. The molecule has 2 aromatic rings. The first-order chi connectivity index (χ1) is 10.4. The van der Waals surface area contributed by atoms with Crippen molar-refractivity contribution in [2.75, 3.05) is 17.2 Å². The molecule has 0 atom stereocenters. The number of carbonyl (C=O) groups is 1. The summed E-state index contributed by atoms with van der Waals surface area (Å²) in [7, 11) is 0. The van der Waals surface area contributed by atoms with Crippen molar-refractivity contribution in [3.05, 3.63) is 58.1 Å². The molecule has 0 aliphatic rings. The van der Waals surface area contributed by atoms with Crippen LogP contribution in [0.15, 0.2) is 30.3 Å². The molecule has 0 bridgehead atoms. The summed E-state index contributed by atoms with van der Waals surface area (Å²) in [4.78, 5) is 12.2. The molecule has 0 heterocycles. The first kappa shape index (κ1) is 16.1. The van der Waals surface area contributed by atoms with Crippen molar-refractivity contribution < 1.29 is 4.79 Å². The Morgan fingerprint density at radius 1 is 0.864 bits per heavy atom. The summed E-state index contributed by atoms with van der Waals surface area (Å²) in [5.41, 5.74) is 7.75. The van der Waals surface area contributed by atoms with Gasteiger partial charge >= 0.3 is 0 Å². The normalized spacial score (nSPS) is 10.4. The minimum absolute atomic E-state index is 0.0340. The molecule has 22 heavy (non-hydrogen) atoms. The van der Waals surface area contributed by atoms with E-state index in [0.29, 0.717) is 0 Å². The third-order valence-corrected chi connectivity index (χ3v) is 3.90. The molecule has 2 aromatic carbocycles. The number of hydrogen-bond donors (Lipinski definition) is 2. The highest BCUT2D eigenvalue weighted by molar-refractivity contribution is 5.95. The van der Waals surface area contributed by atoms with Gasteiger partial charge in [-0.25, -0.2) is 0 Å². The van der Waals surface area contributed by atoms with Gasteiger partial charge in [-0.15, -0.1) is 0 Å². The van der Waals surface area contributed by atoms with Gasteiger partial charge in [0.15, 0.2) is 0 Å². The Bertz CT molecular complexity index is 682. The van der Waals surface area contributed by atoms with E-state index in [2.05, 4.69) is 55.7 Å². The van der Waals surface area contributed by atoms with Gasteiger partial charge in [-0.05, 0) is 69.0 Å². The largest absolute Gasteiger partial charge is 0.376 e. The van der Waals surface area contributed by atoms with Crippen LogP contribution in [0.4, 0.5) is 11.4 Å². The molecule has 3 nitrogen and oxygen atoms in total. The number of anilines is 2. The molecule has 0 aliphatic heterocycles. The molecule has 0 unspecified atom stereocenters. The van der Waals surface area contributed by atoms with E-state index in [1.807, 2.05) is 19.9 Å². The van der Waals surface area contributed by atoms with E-state index in [1.165, 1.54) is 16.7 Å². The molecule has 0 spiro atoms. The molecular formula is C19H24N2O. The molecule has 0 aliphatic carbocycles. The average molecular weight is 296 g/mol. The van der Waals surface area contributed by atoms with E-state index >= 15 is 0 Å². The Labute approximate surface area is 132 Å². The van der Waals surface area contributed by atoms with E-state index in [0.717, 1.165) is 22.5 Å². The fourth-order valence-electron chi connectivity index (χ4n) is 2.59. The summed E-state index contributed by atoms with van der Waals surface area (Å²) in [6, 6.07) is 10.3. The first-order valence-corrected chi connectivity index (χ1v) is 7.55. The second kappa shape index (κ2) is 6.65. The topological polar surface area (TPSA) is 41.1 Å². The lowest BCUT2D eigenvalue weighted by Gasteiger charge is -2.14. The summed E-state index contributed by atoms with van der Waals surface area (Å²) < 4.78 is 0. The van der Waals surface area contributed by atoms with Crippen LogP contribution >= 0.6 is 0 Å². The van der Waals surface area contributed by atoms with Crippen LogP contribution in [0.2, 0.25) is 0 Å². The maximum Gasteiger partial charge on any atom is 0.243 e. The van der Waals surface area contributed by atoms with Gasteiger partial charge in [-0.1, -0.05) is 23.8 Å². The molecule has 0 aromatic heterocycles. The van der Waals surface area contributed by atoms with Crippen molar-refractivity contribution in [3.63, 3.8) is 0 Å². The predicted molar refractivity (Wildman–Crippen MR) is 93.7 cm³/mol. The summed E-state index contributed by atoms with van der Waals surface area (Å²) in [6.45, 7) is 10.5. The van der Waals surface area contributed by atoms with Crippen LogP contribution in [-0.2, 0) is 4.79 Å². The summed E-state index contributed by atoms with van der Waals surface area (Å²) in [5, 5.41) is 6.17. The Balaban J connectivity index is 2.00. The molecule has 116 valence electrons. The number of benzene rings is 2. The van der Waals surface area contributed by atoms with Gasteiger partial charge in [-0.2, -0.15) is 0 Å². The van der Waals surface area contributed by atoms with E-state index in [1.54, 1.807) is 0 Å². The molecule has 2 rings (SSSR count). The van der Waals surface area contributed by atoms with Crippen molar-refractivity contribution in [1.82, 2.24) is 0 Å². The van der Waals surface area contributed by atoms with Crippen LogP contribution in [0.3, 0.4) is 0 Å². The lowest BCUT2D eigenvalue weighted by Crippen LogP contribution is -2.22. The lowest BCUT2D eigenvalue weighted by atomic mass is 10.1. The number of hydrogen-bond acceptors (Lipinski definition) is 2. The first-order valence-electron chi connectivity index (χ1n) is 7.55. The van der Waals surface area contributed by atoms with Crippen molar-refractivity contribution >= 4 is 17.3 Å². The Kier molecular flexibility index (Phi) is 4.86. The number of aryl methyl sites for hydroxylation is 5. The van der Waals surface area contributed by atoms with E-state index in [4.69, 9.17) is 0 Å². The molecule has 0 saturated carbocycles. The quantitative estimate of drug-likeness (QED) is 0.884. The molecule has 0 saturated heterocycles. The van der Waals surface area contributed by atoms with Gasteiger partial charge in [0.1, 0.15) is 0 Å². The maximum absolute atomic E-state index is 12.2. The molecule has 2 N–H and O–H groups in total. The molecule has 0 radical (unpaired) electrons. The number of carbonyl (C=O) groups excluding carboxylic acids is 1. The number of amides is 1. The van der Waals surface area contributed by atoms with Crippen LogP contribution < -0.4 is 10.6 Å². The minimum Gasteiger partial charge on any atom is -0.376 e. The summed E-state index contributed by atoms with van der Waals surface area (Å²) in [6.07, 6.45) is 0. The molecule has 3 heteroatoms. The summed E-state index contributed by atoms with van der Waals surface area (Å²) >= 11 is 0. The van der Waals surface area contributed by atoms with Gasteiger partial charge < -0.3 is 10.6 Å². The fourth-order valence-corrected chi connectivity index (χ4v) is 2.59. The highest BCUT2D eigenvalue weighted by atomic mass is 16.1. The van der Waals surface area contributed by atoms with E-state index in [-0.39, 0.29) is 12.5 Å². The maximum atomic E-state index is 12.2. The third kappa shape index (κ3) is 3.88. The Morgan fingerprint density at radius 2 is 1.50 bits per heavy atom. The second-order valence-corrected chi connectivity index (χ2v) is 5.97. The van der Waals surface area contributed by atoms with Crippen LogP contribution in [0.5, 0.6) is 0 Å². The lowest BCUT2D eigenvalue weighted by molar-refractivity contribution is -0.114. The fraction of sp³-hybridized carbons (Fsp3) is 0.316. The monoisotopic (exact) mass is 296 g/mol. The van der Waals surface area contributed by atoms with Gasteiger partial charge in [-0.3, -0.25) is 4.79 Å². The van der Waals surface area contributed by atoms with Gasteiger partial charge in [0, 0.05) is 11.4 Å². The zero-order valence-electron chi connectivity index (χ0n) is 14.0.